The topological polar surface area (TPSA) is 47.6 Å². The van der Waals surface area contributed by atoms with E-state index in [1.807, 2.05) is 67.7 Å². The number of esters is 1. The zero-order valence-electron chi connectivity index (χ0n) is 12.9. The molecule has 0 atom stereocenters. The number of rotatable bonds is 7. The zero-order valence-corrected chi connectivity index (χ0v) is 12.9. The van der Waals surface area contributed by atoms with Crippen LogP contribution in [0.15, 0.2) is 60.7 Å². The molecule has 0 amide bonds. The number of hydrogen-bond donors (Lipinski definition) is 1. The minimum Gasteiger partial charge on any atom is -0.462 e. The Hall–Kier alpha value is -2.17. The maximum atomic E-state index is 12.8. The fraction of sp³-hybridized carbons (Fsp3) is 0.278. The van der Waals surface area contributed by atoms with Crippen LogP contribution in [0.4, 0.5) is 0 Å². The molecule has 116 valence electrons. The molecule has 1 N–H and O–H groups in total. The van der Waals surface area contributed by atoms with Gasteiger partial charge in [-0.2, -0.15) is 0 Å². The number of hydrogen-bond acceptors (Lipinski definition) is 4. The lowest BCUT2D eigenvalue weighted by Crippen LogP contribution is -2.41. The molecule has 0 spiro atoms. The molecule has 2 aromatic carbocycles. The summed E-state index contributed by atoms with van der Waals surface area (Å²) in [6.07, 6.45) is 0. The van der Waals surface area contributed by atoms with Crippen molar-refractivity contribution >= 4 is 5.97 Å². The minimum absolute atomic E-state index is 0.292. The number of methoxy groups -OCH3 is 1. The summed E-state index contributed by atoms with van der Waals surface area (Å²) in [6, 6.07) is 18.8. The molecule has 0 aliphatic heterocycles. The highest BCUT2D eigenvalue weighted by atomic mass is 16.6. The standard InChI is InChI=1S/C18H21NO3/c1-19-13-14-22-17(20)18(21-2,15-9-5-3-6-10-15)16-11-7-4-8-12-16/h3-12,19H,13-14H2,1-2H3. The molecule has 0 fully saturated rings. The summed E-state index contributed by atoms with van der Waals surface area (Å²) < 4.78 is 11.1. The van der Waals surface area contributed by atoms with Gasteiger partial charge in [-0.25, -0.2) is 4.79 Å². The third-order valence-corrected chi connectivity index (χ3v) is 3.54. The van der Waals surface area contributed by atoms with Crippen molar-refractivity contribution in [1.82, 2.24) is 5.32 Å². The van der Waals surface area contributed by atoms with Crippen molar-refractivity contribution in [2.75, 3.05) is 27.3 Å². The number of nitrogens with one attached hydrogen (secondary N) is 1. The Bertz CT molecular complexity index is 544. The molecule has 0 saturated carbocycles. The van der Waals surface area contributed by atoms with Gasteiger partial charge in [0.1, 0.15) is 6.61 Å². The van der Waals surface area contributed by atoms with E-state index < -0.39 is 11.6 Å². The molecule has 0 bridgehead atoms. The Kier molecular flexibility index (Phi) is 5.69. The number of likely N-dealkylation sites (N-methyl/N-ethyl adjacent to an activating group) is 1. The van der Waals surface area contributed by atoms with Gasteiger partial charge in [-0.3, -0.25) is 0 Å². The summed E-state index contributed by atoms with van der Waals surface area (Å²) in [5.41, 5.74) is 0.243. The minimum atomic E-state index is -1.25. The monoisotopic (exact) mass is 299 g/mol. The van der Waals surface area contributed by atoms with Crippen LogP contribution in [0.3, 0.4) is 0 Å². The van der Waals surface area contributed by atoms with Gasteiger partial charge in [0, 0.05) is 13.7 Å². The smallest absolute Gasteiger partial charge is 0.347 e. The van der Waals surface area contributed by atoms with Crippen molar-refractivity contribution in [1.29, 1.82) is 0 Å². The van der Waals surface area contributed by atoms with Crippen LogP contribution in [0.2, 0.25) is 0 Å². The fourth-order valence-corrected chi connectivity index (χ4v) is 2.41. The summed E-state index contributed by atoms with van der Waals surface area (Å²) in [5.74, 6) is -0.414. The summed E-state index contributed by atoms with van der Waals surface area (Å²) in [4.78, 5) is 12.8. The van der Waals surface area contributed by atoms with Crippen LogP contribution in [-0.2, 0) is 19.9 Å². The van der Waals surface area contributed by atoms with Crippen molar-refractivity contribution in [3.8, 4) is 0 Å². The summed E-state index contributed by atoms with van der Waals surface area (Å²) in [5, 5.41) is 2.95. The first-order valence-corrected chi connectivity index (χ1v) is 7.23. The predicted molar refractivity (Wildman–Crippen MR) is 85.6 cm³/mol. The number of benzene rings is 2. The van der Waals surface area contributed by atoms with Gasteiger partial charge in [0.2, 0.25) is 5.60 Å². The normalized spacial score (nSPS) is 11.2. The molecule has 2 aromatic rings. The lowest BCUT2D eigenvalue weighted by molar-refractivity contribution is -0.165. The van der Waals surface area contributed by atoms with E-state index in [0.717, 1.165) is 11.1 Å². The van der Waals surface area contributed by atoms with Gasteiger partial charge in [0.25, 0.3) is 0 Å². The molecule has 4 nitrogen and oxygen atoms in total. The first kappa shape index (κ1) is 16.2. The molecule has 0 aromatic heterocycles. The molecule has 22 heavy (non-hydrogen) atoms. The highest BCUT2D eigenvalue weighted by molar-refractivity contribution is 5.85. The predicted octanol–water partition coefficient (Wildman–Crippen LogP) is 2.34. The molecule has 0 aliphatic carbocycles. The highest BCUT2D eigenvalue weighted by Crippen LogP contribution is 2.34. The number of carbonyl (C=O) groups is 1. The summed E-state index contributed by atoms with van der Waals surface area (Å²) in [6.45, 7) is 0.884. The second kappa shape index (κ2) is 7.73. The van der Waals surface area contributed by atoms with Crippen molar-refractivity contribution in [2.45, 2.75) is 5.60 Å². The number of ether oxygens (including phenoxy) is 2. The van der Waals surface area contributed by atoms with E-state index >= 15 is 0 Å². The lowest BCUT2D eigenvalue weighted by Gasteiger charge is -2.31. The van der Waals surface area contributed by atoms with Crippen LogP contribution in [0.1, 0.15) is 11.1 Å². The molecule has 0 heterocycles. The van der Waals surface area contributed by atoms with Gasteiger partial charge in [0.15, 0.2) is 0 Å². The van der Waals surface area contributed by atoms with E-state index in [1.165, 1.54) is 7.11 Å². The molecule has 0 aliphatic rings. The number of carbonyl (C=O) groups excluding carboxylic acids is 1. The van der Waals surface area contributed by atoms with Crippen LogP contribution in [0.25, 0.3) is 0 Å². The van der Waals surface area contributed by atoms with E-state index in [4.69, 9.17) is 9.47 Å². The maximum absolute atomic E-state index is 12.8. The van der Waals surface area contributed by atoms with Crippen molar-refractivity contribution in [2.24, 2.45) is 0 Å². The van der Waals surface area contributed by atoms with E-state index in [9.17, 15) is 4.79 Å². The van der Waals surface area contributed by atoms with Gasteiger partial charge < -0.3 is 14.8 Å². The van der Waals surface area contributed by atoms with Gasteiger partial charge in [-0.05, 0) is 18.2 Å². The highest BCUT2D eigenvalue weighted by Gasteiger charge is 2.44. The third kappa shape index (κ3) is 3.18. The van der Waals surface area contributed by atoms with E-state index in [2.05, 4.69) is 5.32 Å². The Morgan fingerprint density at radius 3 is 1.91 bits per heavy atom. The fourth-order valence-electron chi connectivity index (χ4n) is 2.41. The van der Waals surface area contributed by atoms with E-state index in [0.29, 0.717) is 13.2 Å². The van der Waals surface area contributed by atoms with Crippen LogP contribution >= 0.6 is 0 Å². The van der Waals surface area contributed by atoms with Crippen molar-refractivity contribution in [3.63, 3.8) is 0 Å². The van der Waals surface area contributed by atoms with Crippen LogP contribution in [0, 0.1) is 0 Å². The molecule has 4 heteroatoms. The largest absolute Gasteiger partial charge is 0.462 e. The second-order valence-electron chi connectivity index (χ2n) is 4.86. The summed E-state index contributed by atoms with van der Waals surface area (Å²) in [7, 11) is 3.34. The first-order valence-electron chi connectivity index (χ1n) is 7.23. The Morgan fingerprint density at radius 1 is 1.00 bits per heavy atom. The maximum Gasteiger partial charge on any atom is 0.347 e. The van der Waals surface area contributed by atoms with E-state index in [1.54, 1.807) is 0 Å². The lowest BCUT2D eigenvalue weighted by atomic mass is 9.86. The quantitative estimate of drug-likeness (QED) is 0.630. The third-order valence-electron chi connectivity index (χ3n) is 3.54. The van der Waals surface area contributed by atoms with Gasteiger partial charge >= 0.3 is 5.97 Å². The van der Waals surface area contributed by atoms with Crippen LogP contribution in [0.5, 0.6) is 0 Å². The van der Waals surface area contributed by atoms with Crippen LogP contribution < -0.4 is 5.32 Å². The van der Waals surface area contributed by atoms with Crippen molar-refractivity contribution in [3.05, 3.63) is 71.8 Å². The molecule has 0 radical (unpaired) electrons. The zero-order chi connectivity index (χ0) is 15.8. The van der Waals surface area contributed by atoms with Gasteiger partial charge in [-0.15, -0.1) is 0 Å². The molecule has 0 saturated heterocycles. The average Bonchev–Trinajstić information content (AvgIpc) is 2.58. The second-order valence-corrected chi connectivity index (χ2v) is 4.86. The van der Waals surface area contributed by atoms with Crippen LogP contribution in [-0.4, -0.2) is 33.3 Å². The van der Waals surface area contributed by atoms with Crippen molar-refractivity contribution < 1.29 is 14.3 Å². The van der Waals surface area contributed by atoms with Gasteiger partial charge in [0.05, 0.1) is 0 Å². The molecular formula is C18H21NO3. The SMILES string of the molecule is CNCCOC(=O)C(OC)(c1ccccc1)c1ccccc1. The molecule has 0 unspecified atom stereocenters. The summed E-state index contributed by atoms with van der Waals surface area (Å²) >= 11 is 0. The van der Waals surface area contributed by atoms with Gasteiger partial charge in [-0.1, -0.05) is 60.7 Å². The Morgan fingerprint density at radius 2 is 1.50 bits per heavy atom. The average molecular weight is 299 g/mol. The Labute approximate surface area is 131 Å². The Balaban J connectivity index is 2.46. The first-order chi connectivity index (χ1) is 10.8. The molecular weight excluding hydrogens is 278 g/mol. The van der Waals surface area contributed by atoms with E-state index in [-0.39, 0.29) is 0 Å². The molecule has 2 rings (SSSR count).